The molecule has 0 heterocycles. The number of aliphatic carboxylic acids is 1. The average molecular weight is 768 g/mol. The Morgan fingerprint density at radius 1 is 0.642 bits per heavy atom. The van der Waals surface area contributed by atoms with E-state index in [1.165, 1.54) is 12.8 Å². The molecule has 0 amide bonds. The topological polar surface area (TPSA) is 189 Å². The minimum atomic E-state index is -4.74. The van der Waals surface area contributed by atoms with Crippen molar-refractivity contribution in [1.82, 2.24) is 0 Å². The van der Waals surface area contributed by atoms with E-state index >= 15 is 0 Å². The lowest BCUT2D eigenvalue weighted by molar-refractivity contribution is -0.161. The maximum absolute atomic E-state index is 12.5. The number of carboxylic acid groups (broad SMARTS) is 1. The van der Waals surface area contributed by atoms with Gasteiger partial charge >= 0.3 is 25.7 Å². The molecule has 13 heteroatoms. The summed E-state index contributed by atoms with van der Waals surface area (Å²) in [5, 5.41) is 8.85. The van der Waals surface area contributed by atoms with Crippen LogP contribution in [-0.4, -0.2) is 65.7 Å². The number of ether oxygens (including phenoxy) is 2. The second-order valence-electron chi connectivity index (χ2n) is 12.7. The lowest BCUT2D eigenvalue weighted by Crippen LogP contribution is -2.34. The van der Waals surface area contributed by atoms with Gasteiger partial charge in [-0.05, 0) is 63.9 Å². The van der Waals surface area contributed by atoms with Crippen LogP contribution in [-0.2, 0) is 42.3 Å². The number of hydrogen-bond donors (Lipinski definition) is 3. The number of unbranched alkanes of at least 4 members (excludes halogenated alkanes) is 10. The summed E-state index contributed by atoms with van der Waals surface area (Å²) in [6.07, 6.45) is 34.3. The van der Waals surface area contributed by atoms with E-state index in [0.29, 0.717) is 25.7 Å². The van der Waals surface area contributed by atoms with Gasteiger partial charge < -0.3 is 25.2 Å². The summed E-state index contributed by atoms with van der Waals surface area (Å²) in [4.78, 5) is 57.4. The highest BCUT2D eigenvalue weighted by Gasteiger charge is 2.28. The van der Waals surface area contributed by atoms with Crippen LogP contribution in [0.25, 0.3) is 0 Å². The zero-order chi connectivity index (χ0) is 39.4. The van der Waals surface area contributed by atoms with Crippen LogP contribution in [0.2, 0.25) is 0 Å². The monoisotopic (exact) mass is 767 g/mol. The highest BCUT2D eigenvalue weighted by Crippen LogP contribution is 2.43. The molecule has 53 heavy (non-hydrogen) atoms. The van der Waals surface area contributed by atoms with Crippen LogP contribution in [0.5, 0.6) is 0 Å². The molecule has 0 aliphatic rings. The normalized spacial score (nSPS) is 14.4. The van der Waals surface area contributed by atoms with E-state index in [1.54, 1.807) is 12.2 Å². The minimum absolute atomic E-state index is 0.115. The molecule has 0 fully saturated rings. The molecule has 1 unspecified atom stereocenters. The highest BCUT2D eigenvalue weighted by molar-refractivity contribution is 7.47. The van der Waals surface area contributed by atoms with Gasteiger partial charge in [-0.25, -0.2) is 4.57 Å². The van der Waals surface area contributed by atoms with Crippen molar-refractivity contribution in [2.75, 3.05) is 19.8 Å². The number of esters is 2. The summed E-state index contributed by atoms with van der Waals surface area (Å²) in [5.41, 5.74) is 5.30. The van der Waals surface area contributed by atoms with Gasteiger partial charge in [0.25, 0.3) is 0 Å². The quantitative estimate of drug-likeness (QED) is 0.0139. The van der Waals surface area contributed by atoms with Gasteiger partial charge in [0.2, 0.25) is 0 Å². The number of phosphoric acid groups is 1. The Kier molecular flexibility index (Phi) is 32.6. The lowest BCUT2D eigenvalue weighted by atomic mass is 10.1. The van der Waals surface area contributed by atoms with Gasteiger partial charge in [-0.15, -0.1) is 0 Å². The first-order valence-corrected chi connectivity index (χ1v) is 20.8. The number of nitrogens with two attached hydrogens (primary N) is 1. The smallest absolute Gasteiger partial charge is 0.472 e. The van der Waals surface area contributed by atoms with Crippen molar-refractivity contribution in [1.29, 1.82) is 0 Å². The molecular weight excluding hydrogens is 701 g/mol. The SMILES string of the molecule is CCCC/C=C\CCCCCCCC(=O)O[C@H](COC(=O)CCC/C=C\C/C=C\C/C=C\C=C\C(=O)CCCCC)COP(=O)(O)OC[C@H](N)C(=O)O. The summed E-state index contributed by atoms with van der Waals surface area (Å²) >= 11 is 0. The van der Waals surface area contributed by atoms with E-state index in [-0.39, 0.29) is 18.6 Å². The second kappa shape index (κ2) is 34.6. The van der Waals surface area contributed by atoms with Gasteiger partial charge in [-0.3, -0.25) is 28.2 Å². The second-order valence-corrected chi connectivity index (χ2v) is 14.2. The molecule has 0 aromatic heterocycles. The Hall–Kier alpha value is -3.15. The molecule has 0 radical (unpaired) electrons. The molecule has 0 aliphatic heterocycles. The van der Waals surface area contributed by atoms with Gasteiger partial charge in [0.1, 0.15) is 12.6 Å². The Morgan fingerprint density at radius 3 is 1.92 bits per heavy atom. The molecule has 0 aromatic rings. The minimum Gasteiger partial charge on any atom is -0.480 e. The van der Waals surface area contributed by atoms with Crippen LogP contribution in [0.3, 0.4) is 0 Å². The van der Waals surface area contributed by atoms with E-state index in [0.717, 1.165) is 70.6 Å². The molecular formula is C40H66NO11P. The van der Waals surface area contributed by atoms with Gasteiger partial charge in [0.05, 0.1) is 13.2 Å². The standard InChI is InChI=1S/C40H66NO11P/c1-3-5-7-8-9-10-12-17-20-23-27-31-39(44)52-36(33-50-53(47,48)51-34-37(41)40(45)46)32-49-38(43)30-26-22-19-16-14-11-13-15-18-21-25-29-35(42)28-24-6-4-2/h8-9,11,13,16,18-19,21,25,29,36-37H,3-7,10,12,14-15,17,20,22-24,26-28,30-34,41H2,1-2H3,(H,45,46)(H,47,48)/b9-8-,13-11-,19-16-,21-18-,29-25+/t36-,37+/m1/s1. The largest absolute Gasteiger partial charge is 0.480 e. The zero-order valence-corrected chi connectivity index (χ0v) is 33.0. The van der Waals surface area contributed by atoms with Gasteiger partial charge in [0.15, 0.2) is 11.9 Å². The molecule has 0 saturated carbocycles. The summed E-state index contributed by atoms with van der Waals surface area (Å²) in [6.45, 7) is 2.49. The fourth-order valence-corrected chi connectivity index (χ4v) is 5.36. The van der Waals surface area contributed by atoms with Crippen molar-refractivity contribution in [3.05, 3.63) is 60.8 Å². The van der Waals surface area contributed by atoms with E-state index < -0.39 is 57.7 Å². The number of hydrogen-bond acceptors (Lipinski definition) is 10. The fraction of sp³-hybridized carbons (Fsp3) is 0.650. The molecule has 3 atom stereocenters. The first-order chi connectivity index (χ1) is 25.5. The highest BCUT2D eigenvalue weighted by atomic mass is 31.2. The fourth-order valence-electron chi connectivity index (χ4n) is 4.58. The van der Waals surface area contributed by atoms with Crippen LogP contribution >= 0.6 is 7.82 Å². The van der Waals surface area contributed by atoms with Gasteiger partial charge in [0, 0.05) is 19.3 Å². The predicted octanol–water partition coefficient (Wildman–Crippen LogP) is 8.79. The van der Waals surface area contributed by atoms with Crippen molar-refractivity contribution in [3.63, 3.8) is 0 Å². The lowest BCUT2D eigenvalue weighted by Gasteiger charge is -2.20. The van der Waals surface area contributed by atoms with Crippen LogP contribution in [0.15, 0.2) is 60.8 Å². The molecule has 0 spiro atoms. The first kappa shape index (κ1) is 49.9. The van der Waals surface area contributed by atoms with E-state index in [1.807, 2.05) is 36.5 Å². The maximum atomic E-state index is 12.5. The van der Waals surface area contributed by atoms with Crippen molar-refractivity contribution >= 4 is 31.5 Å². The molecule has 0 aliphatic carbocycles. The molecule has 0 aromatic carbocycles. The summed E-state index contributed by atoms with van der Waals surface area (Å²) in [7, 11) is -4.74. The van der Waals surface area contributed by atoms with Crippen molar-refractivity contribution in [3.8, 4) is 0 Å². The van der Waals surface area contributed by atoms with E-state index in [4.69, 9.17) is 24.8 Å². The Balaban J connectivity index is 4.58. The maximum Gasteiger partial charge on any atom is 0.472 e. The number of rotatable bonds is 35. The summed E-state index contributed by atoms with van der Waals surface area (Å²) in [5.74, 6) is -2.36. The van der Waals surface area contributed by atoms with Crippen molar-refractivity contribution in [2.24, 2.45) is 5.73 Å². The Morgan fingerprint density at radius 2 is 1.21 bits per heavy atom. The third kappa shape index (κ3) is 34.4. The van der Waals surface area contributed by atoms with Crippen molar-refractivity contribution < 1.29 is 52.3 Å². The van der Waals surface area contributed by atoms with Crippen LogP contribution in [0, 0.1) is 0 Å². The van der Waals surface area contributed by atoms with Gasteiger partial charge in [-0.2, -0.15) is 0 Å². The zero-order valence-electron chi connectivity index (χ0n) is 32.1. The van der Waals surface area contributed by atoms with Crippen LogP contribution in [0.4, 0.5) is 0 Å². The molecule has 12 nitrogen and oxygen atoms in total. The van der Waals surface area contributed by atoms with Crippen LogP contribution < -0.4 is 5.73 Å². The summed E-state index contributed by atoms with van der Waals surface area (Å²) < 4.78 is 32.4. The van der Waals surface area contributed by atoms with E-state index in [2.05, 4.69) is 30.5 Å². The number of ketones is 1. The molecule has 302 valence electrons. The van der Waals surface area contributed by atoms with Crippen LogP contribution in [0.1, 0.15) is 136 Å². The molecule has 0 rings (SSSR count). The molecule has 0 bridgehead atoms. The predicted molar refractivity (Wildman–Crippen MR) is 208 cm³/mol. The third-order valence-electron chi connectivity index (χ3n) is 7.71. The number of carbonyl (C=O) groups is 4. The van der Waals surface area contributed by atoms with Gasteiger partial charge in [-0.1, -0.05) is 113 Å². The number of carbonyl (C=O) groups excluding carboxylic acids is 3. The number of phosphoric ester groups is 1. The van der Waals surface area contributed by atoms with E-state index in [9.17, 15) is 28.6 Å². The number of allylic oxidation sites excluding steroid dienone is 10. The Labute approximate surface area is 317 Å². The average Bonchev–Trinajstić information content (AvgIpc) is 3.12. The van der Waals surface area contributed by atoms with Crippen molar-refractivity contribution in [2.45, 2.75) is 148 Å². The molecule has 0 saturated heterocycles. The third-order valence-corrected chi connectivity index (χ3v) is 8.67. The Bertz CT molecular complexity index is 1200. The molecule has 4 N–H and O–H groups in total. The summed E-state index contributed by atoms with van der Waals surface area (Å²) in [6, 6.07) is -1.54. The number of carboxylic acids is 1. The first-order valence-electron chi connectivity index (χ1n) is 19.3.